The summed E-state index contributed by atoms with van der Waals surface area (Å²) >= 11 is 0. The minimum atomic E-state index is -0.550. The normalized spacial score (nSPS) is 40.0. The molecule has 104 valence electrons. The first-order valence-corrected chi connectivity index (χ1v) is 7.56. The molecular formula is C16H22O3. The summed E-state index contributed by atoms with van der Waals surface area (Å²) in [5, 5.41) is 20.1. The van der Waals surface area contributed by atoms with Crippen molar-refractivity contribution in [2.75, 3.05) is 0 Å². The Morgan fingerprint density at radius 2 is 1.89 bits per heavy atom. The summed E-state index contributed by atoms with van der Waals surface area (Å²) < 4.78 is 0. The van der Waals surface area contributed by atoms with Gasteiger partial charge in [0.2, 0.25) is 0 Å². The Balaban J connectivity index is 1.66. The predicted octanol–water partition coefficient (Wildman–Crippen LogP) is 1.52. The molecule has 0 bridgehead atoms. The highest BCUT2D eigenvalue weighted by Gasteiger charge is 2.48. The largest absolute Gasteiger partial charge is 0.392 e. The third kappa shape index (κ3) is 2.44. The number of carbonyl (C=O) groups is 1. The fraction of sp³-hybridized carbons (Fsp3) is 0.812. The molecule has 3 fully saturated rings. The van der Waals surface area contributed by atoms with Crippen molar-refractivity contribution >= 4 is 5.78 Å². The van der Waals surface area contributed by atoms with Crippen molar-refractivity contribution in [2.24, 2.45) is 23.7 Å². The maximum atomic E-state index is 11.5. The molecule has 0 radical (unpaired) electrons. The van der Waals surface area contributed by atoms with Crippen LogP contribution in [0.5, 0.6) is 0 Å². The summed E-state index contributed by atoms with van der Waals surface area (Å²) in [7, 11) is 0. The summed E-state index contributed by atoms with van der Waals surface area (Å²) in [5.74, 6) is 6.96. The van der Waals surface area contributed by atoms with Crippen molar-refractivity contribution in [3.63, 3.8) is 0 Å². The van der Waals surface area contributed by atoms with Crippen molar-refractivity contribution in [3.05, 3.63) is 0 Å². The summed E-state index contributed by atoms with van der Waals surface area (Å²) in [6.45, 7) is 0. The molecule has 3 nitrogen and oxygen atoms in total. The maximum Gasteiger partial charge on any atom is 0.136 e. The fourth-order valence-electron chi connectivity index (χ4n) is 3.95. The first-order valence-electron chi connectivity index (χ1n) is 7.56. The van der Waals surface area contributed by atoms with E-state index < -0.39 is 12.2 Å². The van der Waals surface area contributed by atoms with Crippen LogP contribution in [0.3, 0.4) is 0 Å². The van der Waals surface area contributed by atoms with Crippen LogP contribution < -0.4 is 0 Å². The molecule has 0 saturated heterocycles. The molecule has 3 aliphatic carbocycles. The van der Waals surface area contributed by atoms with E-state index in [9.17, 15) is 15.0 Å². The molecule has 0 amide bonds. The monoisotopic (exact) mass is 262 g/mol. The number of aliphatic hydroxyl groups excluding tert-OH is 2. The van der Waals surface area contributed by atoms with Gasteiger partial charge in [0.25, 0.3) is 0 Å². The van der Waals surface area contributed by atoms with Crippen molar-refractivity contribution in [3.8, 4) is 11.8 Å². The lowest BCUT2D eigenvalue weighted by Gasteiger charge is -2.44. The maximum absolute atomic E-state index is 11.5. The Labute approximate surface area is 114 Å². The second-order valence-corrected chi connectivity index (χ2v) is 6.39. The lowest BCUT2D eigenvalue weighted by atomic mass is 9.59. The number of hydrogen-bond acceptors (Lipinski definition) is 3. The molecule has 3 rings (SSSR count). The number of aliphatic hydroxyl groups is 2. The molecule has 19 heavy (non-hydrogen) atoms. The quantitative estimate of drug-likeness (QED) is 0.704. The van der Waals surface area contributed by atoms with E-state index in [1.165, 1.54) is 12.8 Å². The van der Waals surface area contributed by atoms with Crippen molar-refractivity contribution in [1.82, 2.24) is 0 Å². The van der Waals surface area contributed by atoms with Crippen molar-refractivity contribution in [2.45, 2.75) is 57.2 Å². The van der Waals surface area contributed by atoms with Crippen LogP contribution in [-0.2, 0) is 4.79 Å². The van der Waals surface area contributed by atoms with Gasteiger partial charge in [-0.1, -0.05) is 24.7 Å². The lowest BCUT2D eigenvalue weighted by molar-refractivity contribution is -0.141. The van der Waals surface area contributed by atoms with E-state index in [4.69, 9.17) is 0 Å². The Hall–Kier alpha value is -0.850. The fourth-order valence-corrected chi connectivity index (χ4v) is 3.95. The average Bonchev–Trinajstić information content (AvgIpc) is 2.90. The van der Waals surface area contributed by atoms with E-state index in [1.807, 2.05) is 0 Å². The van der Waals surface area contributed by atoms with E-state index in [0.717, 1.165) is 19.3 Å². The smallest absolute Gasteiger partial charge is 0.136 e. The number of hydrogen-bond donors (Lipinski definition) is 2. The van der Waals surface area contributed by atoms with E-state index >= 15 is 0 Å². The average molecular weight is 262 g/mol. The van der Waals surface area contributed by atoms with Gasteiger partial charge in [0, 0.05) is 12.3 Å². The van der Waals surface area contributed by atoms with Crippen LogP contribution in [0.15, 0.2) is 0 Å². The Morgan fingerprint density at radius 1 is 1.16 bits per heavy atom. The molecule has 0 unspecified atom stereocenters. The SMILES string of the molecule is O=C1C[C@@H]2[C@H](C#C[C@@H](O)C3CCCC3)[C@H](O)CC[C@@H]12. The molecule has 2 N–H and O–H groups in total. The van der Waals surface area contributed by atoms with Gasteiger partial charge in [0.15, 0.2) is 0 Å². The molecule has 0 heterocycles. The zero-order chi connectivity index (χ0) is 13.4. The molecule has 3 aliphatic rings. The molecule has 3 saturated carbocycles. The van der Waals surface area contributed by atoms with Gasteiger partial charge >= 0.3 is 0 Å². The molecule has 0 aliphatic heterocycles. The van der Waals surface area contributed by atoms with Crippen molar-refractivity contribution < 1.29 is 15.0 Å². The van der Waals surface area contributed by atoms with Gasteiger partial charge in [0.1, 0.15) is 11.9 Å². The van der Waals surface area contributed by atoms with Gasteiger partial charge in [-0.15, -0.1) is 0 Å². The van der Waals surface area contributed by atoms with Gasteiger partial charge in [-0.3, -0.25) is 4.79 Å². The molecule has 0 aromatic rings. The second kappa shape index (κ2) is 5.26. The van der Waals surface area contributed by atoms with Crippen LogP contribution in [0.2, 0.25) is 0 Å². The predicted molar refractivity (Wildman–Crippen MR) is 71.1 cm³/mol. The van der Waals surface area contributed by atoms with Crippen LogP contribution in [0.4, 0.5) is 0 Å². The van der Waals surface area contributed by atoms with Gasteiger partial charge in [-0.2, -0.15) is 0 Å². The summed E-state index contributed by atoms with van der Waals surface area (Å²) in [6, 6.07) is 0. The topological polar surface area (TPSA) is 57.5 Å². The van der Waals surface area contributed by atoms with Gasteiger partial charge in [-0.25, -0.2) is 0 Å². The van der Waals surface area contributed by atoms with E-state index in [-0.39, 0.29) is 17.8 Å². The van der Waals surface area contributed by atoms with Gasteiger partial charge in [-0.05, 0) is 37.5 Å². The summed E-state index contributed by atoms with van der Waals surface area (Å²) in [6.07, 6.45) is 5.59. The number of fused-ring (bicyclic) bond motifs is 1. The highest BCUT2D eigenvalue weighted by molar-refractivity contribution is 5.87. The molecule has 0 aromatic carbocycles. The van der Waals surface area contributed by atoms with Gasteiger partial charge < -0.3 is 10.2 Å². The van der Waals surface area contributed by atoms with Gasteiger partial charge in [0.05, 0.1) is 12.0 Å². The van der Waals surface area contributed by atoms with Crippen LogP contribution in [0.1, 0.15) is 44.9 Å². The standard InChI is InChI=1S/C16H22O3/c17-14(10-3-1-2-4-10)7-5-11-13-9-16(19)12(13)6-8-15(11)18/h10-15,17-18H,1-4,6,8-9H2/t11-,12+,13+,14+,15+/m0/s1. The molecule has 0 aromatic heterocycles. The number of ketones is 1. The van der Waals surface area contributed by atoms with Crippen LogP contribution >= 0.6 is 0 Å². The summed E-state index contributed by atoms with van der Waals surface area (Å²) in [5.41, 5.74) is 0. The highest BCUT2D eigenvalue weighted by atomic mass is 16.3. The van der Waals surface area contributed by atoms with Crippen LogP contribution in [-0.4, -0.2) is 28.2 Å². The van der Waals surface area contributed by atoms with Crippen LogP contribution in [0.25, 0.3) is 0 Å². The Morgan fingerprint density at radius 3 is 2.58 bits per heavy atom. The molecule has 5 atom stereocenters. The second-order valence-electron chi connectivity index (χ2n) is 6.39. The first-order chi connectivity index (χ1) is 9.16. The third-order valence-electron chi connectivity index (χ3n) is 5.26. The summed E-state index contributed by atoms with van der Waals surface area (Å²) in [4.78, 5) is 11.5. The number of rotatable bonds is 1. The Kier molecular flexibility index (Phi) is 3.64. The minimum Gasteiger partial charge on any atom is -0.392 e. The molecule has 3 heteroatoms. The number of carbonyl (C=O) groups excluding carboxylic acids is 1. The first kappa shape index (κ1) is 13.1. The lowest BCUT2D eigenvalue weighted by Crippen LogP contribution is -2.49. The Bertz CT molecular complexity index is 413. The van der Waals surface area contributed by atoms with E-state index in [1.54, 1.807) is 0 Å². The van der Waals surface area contributed by atoms with E-state index in [0.29, 0.717) is 24.5 Å². The van der Waals surface area contributed by atoms with Crippen molar-refractivity contribution in [1.29, 1.82) is 0 Å². The minimum absolute atomic E-state index is 0.104. The molecule has 0 spiro atoms. The third-order valence-corrected chi connectivity index (χ3v) is 5.26. The highest BCUT2D eigenvalue weighted by Crippen LogP contribution is 2.45. The van der Waals surface area contributed by atoms with Crippen LogP contribution in [0, 0.1) is 35.5 Å². The van der Waals surface area contributed by atoms with E-state index in [2.05, 4.69) is 11.8 Å². The zero-order valence-electron chi connectivity index (χ0n) is 11.2. The zero-order valence-corrected chi connectivity index (χ0v) is 11.2. The molecular weight excluding hydrogens is 240 g/mol. The number of Topliss-reactive ketones (excluding diaryl/α,β-unsaturated/α-hetero) is 1.